The monoisotopic (exact) mass is 392 g/mol. The molecular weight excluding hydrogens is 372 g/mol. The maximum absolute atomic E-state index is 12.2. The maximum Gasteiger partial charge on any atom is 0.248 e. The molecule has 6 heteroatoms. The Hall–Kier alpha value is -2.89. The molecule has 0 bridgehead atoms. The summed E-state index contributed by atoms with van der Waals surface area (Å²) in [4.78, 5) is 19.1. The fourth-order valence-electron chi connectivity index (χ4n) is 3.29. The summed E-state index contributed by atoms with van der Waals surface area (Å²) in [6.45, 7) is 1.78. The van der Waals surface area contributed by atoms with Gasteiger partial charge in [-0.3, -0.25) is 4.79 Å². The van der Waals surface area contributed by atoms with Crippen LogP contribution in [0, 0.1) is 0 Å². The first kappa shape index (κ1) is 18.5. The summed E-state index contributed by atoms with van der Waals surface area (Å²) in [6, 6.07) is 17.3. The summed E-state index contributed by atoms with van der Waals surface area (Å²) in [7, 11) is 0. The van der Waals surface area contributed by atoms with Crippen molar-refractivity contribution in [2.75, 3.05) is 23.3 Å². The number of nitrogens with one attached hydrogen (secondary N) is 1. The van der Waals surface area contributed by atoms with E-state index in [1.807, 2.05) is 42.5 Å². The zero-order valence-corrected chi connectivity index (χ0v) is 16.1. The van der Waals surface area contributed by atoms with Crippen LogP contribution in [0.1, 0.15) is 12.0 Å². The van der Waals surface area contributed by atoms with Crippen molar-refractivity contribution < 1.29 is 4.79 Å². The van der Waals surface area contributed by atoms with Crippen LogP contribution in [-0.4, -0.2) is 30.0 Å². The van der Waals surface area contributed by atoms with Gasteiger partial charge in [0.05, 0.1) is 5.52 Å². The molecule has 2 aromatic carbocycles. The largest absolute Gasteiger partial charge is 0.355 e. The number of amides is 1. The van der Waals surface area contributed by atoms with E-state index in [0.29, 0.717) is 5.02 Å². The van der Waals surface area contributed by atoms with Gasteiger partial charge in [-0.15, -0.1) is 0 Å². The van der Waals surface area contributed by atoms with Gasteiger partial charge in [-0.1, -0.05) is 23.7 Å². The molecule has 4 rings (SSSR count). The number of carbonyl (C=O) groups excluding carboxylic acids is 1. The van der Waals surface area contributed by atoms with Crippen molar-refractivity contribution in [3.8, 4) is 0 Å². The Kier molecular flexibility index (Phi) is 5.28. The molecule has 0 aliphatic carbocycles. The van der Waals surface area contributed by atoms with E-state index in [2.05, 4.69) is 10.2 Å². The van der Waals surface area contributed by atoms with Crippen molar-refractivity contribution >= 4 is 46.0 Å². The summed E-state index contributed by atoms with van der Waals surface area (Å²) in [5.41, 5.74) is 8.53. The van der Waals surface area contributed by atoms with Gasteiger partial charge >= 0.3 is 0 Å². The third kappa shape index (κ3) is 4.32. The first-order valence-corrected chi connectivity index (χ1v) is 9.60. The second kappa shape index (κ2) is 8.00. The highest BCUT2D eigenvalue weighted by molar-refractivity contribution is 6.30. The van der Waals surface area contributed by atoms with E-state index in [4.69, 9.17) is 22.3 Å². The molecule has 0 radical (unpaired) electrons. The Balaban J connectivity index is 1.45. The third-order valence-electron chi connectivity index (χ3n) is 4.79. The lowest BCUT2D eigenvalue weighted by atomic mass is 10.2. The van der Waals surface area contributed by atoms with Crippen LogP contribution in [0.15, 0.2) is 60.7 Å². The van der Waals surface area contributed by atoms with Crippen LogP contribution < -0.4 is 16.0 Å². The fourth-order valence-corrected chi connectivity index (χ4v) is 3.42. The molecule has 1 atom stereocenters. The number of aromatic nitrogens is 1. The molecule has 142 valence electrons. The molecule has 28 heavy (non-hydrogen) atoms. The maximum atomic E-state index is 12.2. The highest BCUT2D eigenvalue weighted by atomic mass is 35.5. The molecule has 2 heterocycles. The molecule has 1 unspecified atom stereocenters. The van der Waals surface area contributed by atoms with Gasteiger partial charge in [-0.25, -0.2) is 4.98 Å². The third-order valence-corrected chi connectivity index (χ3v) is 5.04. The Labute approximate surface area is 168 Å². The quantitative estimate of drug-likeness (QED) is 0.656. The van der Waals surface area contributed by atoms with Gasteiger partial charge in [0.25, 0.3) is 0 Å². The molecule has 1 aliphatic heterocycles. The number of carbonyl (C=O) groups is 1. The van der Waals surface area contributed by atoms with Gasteiger partial charge in [0.1, 0.15) is 5.82 Å². The number of pyridine rings is 1. The van der Waals surface area contributed by atoms with Crippen LogP contribution in [0.3, 0.4) is 0 Å². The number of fused-ring (bicyclic) bond motifs is 1. The molecule has 0 spiro atoms. The minimum absolute atomic E-state index is 0.190. The number of hydrogen-bond acceptors (Lipinski definition) is 4. The van der Waals surface area contributed by atoms with Crippen LogP contribution in [0.25, 0.3) is 17.0 Å². The van der Waals surface area contributed by atoms with Crippen molar-refractivity contribution in [1.29, 1.82) is 0 Å². The SMILES string of the molecule is NC1CCN(c2ccc3cc(NC(=O)/C=C/c4ccc(Cl)cc4)ccc3n2)C1. The van der Waals surface area contributed by atoms with E-state index in [9.17, 15) is 4.79 Å². The summed E-state index contributed by atoms with van der Waals surface area (Å²) in [5, 5.41) is 4.53. The molecule has 3 aromatic rings. The van der Waals surface area contributed by atoms with Crippen molar-refractivity contribution in [3.05, 3.63) is 71.3 Å². The highest BCUT2D eigenvalue weighted by Gasteiger charge is 2.20. The standard InChI is InChI=1S/C22H21ClN4O/c23-17-5-1-15(2-6-17)3-10-22(28)25-19-7-8-20-16(13-19)4-9-21(26-20)27-12-11-18(24)14-27/h1-10,13,18H,11-12,14,24H2,(H,25,28)/b10-3+. The van der Waals surface area contributed by atoms with Crippen molar-refractivity contribution in [2.24, 2.45) is 5.73 Å². The lowest BCUT2D eigenvalue weighted by molar-refractivity contribution is -0.111. The zero-order chi connectivity index (χ0) is 19.5. The average Bonchev–Trinajstić information content (AvgIpc) is 3.13. The number of rotatable bonds is 4. The molecule has 1 saturated heterocycles. The van der Waals surface area contributed by atoms with Gasteiger partial charge in [0.15, 0.2) is 0 Å². The molecule has 1 aromatic heterocycles. The van der Waals surface area contributed by atoms with Gasteiger partial charge in [0.2, 0.25) is 5.91 Å². The number of nitrogens with two attached hydrogens (primary N) is 1. The molecule has 1 aliphatic rings. The molecule has 1 fully saturated rings. The summed E-state index contributed by atoms with van der Waals surface area (Å²) in [6.07, 6.45) is 4.25. The van der Waals surface area contributed by atoms with Gasteiger partial charge in [0, 0.05) is 41.3 Å². The zero-order valence-electron chi connectivity index (χ0n) is 15.3. The number of nitrogens with zero attached hydrogens (tertiary/aromatic N) is 2. The molecule has 1 amide bonds. The van der Waals surface area contributed by atoms with E-state index in [0.717, 1.165) is 47.5 Å². The predicted octanol–water partition coefficient (Wildman–Crippen LogP) is 4.08. The Morgan fingerprint density at radius 2 is 2.00 bits per heavy atom. The Morgan fingerprint density at radius 3 is 2.75 bits per heavy atom. The summed E-state index contributed by atoms with van der Waals surface area (Å²) in [5.74, 6) is 0.757. The molecular formula is C22H21ClN4O. The minimum atomic E-state index is -0.190. The van der Waals surface area contributed by atoms with E-state index in [1.54, 1.807) is 18.2 Å². The van der Waals surface area contributed by atoms with Crippen LogP contribution >= 0.6 is 11.6 Å². The van der Waals surface area contributed by atoms with E-state index in [-0.39, 0.29) is 11.9 Å². The Bertz CT molecular complexity index is 1030. The normalized spacial score (nSPS) is 16.8. The predicted molar refractivity (Wildman–Crippen MR) is 116 cm³/mol. The van der Waals surface area contributed by atoms with Crippen LogP contribution in [0.4, 0.5) is 11.5 Å². The van der Waals surface area contributed by atoms with Gasteiger partial charge in [-0.05, 0) is 60.5 Å². The summed E-state index contributed by atoms with van der Waals surface area (Å²) >= 11 is 5.87. The first-order chi connectivity index (χ1) is 13.6. The summed E-state index contributed by atoms with van der Waals surface area (Å²) < 4.78 is 0. The van der Waals surface area contributed by atoms with Crippen LogP contribution in [0.5, 0.6) is 0 Å². The molecule has 5 nitrogen and oxygen atoms in total. The van der Waals surface area contributed by atoms with Crippen molar-refractivity contribution in [3.63, 3.8) is 0 Å². The lowest BCUT2D eigenvalue weighted by Gasteiger charge is -2.17. The number of benzene rings is 2. The van der Waals surface area contributed by atoms with Crippen molar-refractivity contribution in [2.45, 2.75) is 12.5 Å². The number of hydrogen-bond donors (Lipinski definition) is 2. The second-order valence-corrected chi connectivity index (χ2v) is 7.38. The minimum Gasteiger partial charge on any atom is -0.355 e. The Morgan fingerprint density at radius 1 is 1.18 bits per heavy atom. The highest BCUT2D eigenvalue weighted by Crippen LogP contribution is 2.23. The average molecular weight is 393 g/mol. The lowest BCUT2D eigenvalue weighted by Crippen LogP contribution is -2.26. The number of halogens is 1. The smallest absolute Gasteiger partial charge is 0.248 e. The first-order valence-electron chi connectivity index (χ1n) is 9.23. The van der Waals surface area contributed by atoms with Gasteiger partial charge < -0.3 is 16.0 Å². The van der Waals surface area contributed by atoms with E-state index < -0.39 is 0 Å². The molecule has 0 saturated carbocycles. The number of anilines is 2. The second-order valence-electron chi connectivity index (χ2n) is 6.95. The van der Waals surface area contributed by atoms with Crippen molar-refractivity contribution in [1.82, 2.24) is 4.98 Å². The van der Waals surface area contributed by atoms with Crippen LogP contribution in [0.2, 0.25) is 5.02 Å². The topological polar surface area (TPSA) is 71.2 Å². The van der Waals surface area contributed by atoms with Gasteiger partial charge in [-0.2, -0.15) is 0 Å². The van der Waals surface area contributed by atoms with Crippen LogP contribution in [-0.2, 0) is 4.79 Å². The van der Waals surface area contributed by atoms with E-state index >= 15 is 0 Å². The van der Waals surface area contributed by atoms with E-state index in [1.165, 1.54) is 6.08 Å². The fraction of sp³-hybridized carbons (Fsp3) is 0.182. The molecule has 3 N–H and O–H groups in total.